The molecule has 0 aromatic carbocycles. The lowest BCUT2D eigenvalue weighted by Gasteiger charge is -2.04. The molecule has 18 aliphatic carbocycles. The summed E-state index contributed by atoms with van der Waals surface area (Å²) >= 11 is 31.9. The summed E-state index contributed by atoms with van der Waals surface area (Å²) in [6, 6.07) is 0. The third-order valence-electron chi connectivity index (χ3n) is 14.6. The maximum absolute atomic E-state index is 11.0. The third kappa shape index (κ3) is 219. The zero-order chi connectivity index (χ0) is 97.9. The molecule has 4 amide bonds. The van der Waals surface area contributed by atoms with Crippen LogP contribution in [0.15, 0.2) is 0 Å². The van der Waals surface area contributed by atoms with Crippen LogP contribution in [0.5, 0.6) is 0 Å². The van der Waals surface area contributed by atoms with E-state index in [1.165, 1.54) is 414 Å². The Kier molecular flexibility index (Phi) is 124. The molecular weight excluding hydrogens is 1970 g/mol. The molecule has 128 heavy (non-hydrogen) atoms. The number of carbonyl (C=O) groups excluding carboxylic acids is 10. The Morgan fingerprint density at radius 3 is 0.516 bits per heavy atom. The first-order valence-corrected chi connectivity index (χ1v) is 66.1. The van der Waals surface area contributed by atoms with Gasteiger partial charge in [-0.05, 0) is 109 Å². The minimum Gasteiger partial charge on any atom is -0.300 e. The maximum Gasteiger partial charge on any atom is 0.242 e. The van der Waals surface area contributed by atoms with Crippen molar-refractivity contribution in [3.05, 3.63) is 0 Å². The first-order valence-electron chi connectivity index (χ1n) is 49.0. The summed E-state index contributed by atoms with van der Waals surface area (Å²) in [6.45, 7) is 9.44. The van der Waals surface area contributed by atoms with Gasteiger partial charge >= 0.3 is 0 Å². The minimum absolute atomic E-state index is 0.0532. The lowest BCUT2D eigenvalue weighted by molar-refractivity contribution is -0.138. The number of likely N-dealkylation sites (tertiary alicyclic amines) is 2. The zero-order valence-electron chi connectivity index (χ0n) is 84.5. The van der Waals surface area contributed by atoms with Crippen LogP contribution in [0.3, 0.4) is 0 Å². The van der Waals surface area contributed by atoms with Crippen LogP contribution in [0.2, 0.25) is 0 Å². The molecule has 0 radical (unpaired) electrons. The fourth-order valence-corrected chi connectivity index (χ4v) is 12.2. The maximum atomic E-state index is 11.0. The molecule has 0 aromatic rings. The number of hydrogen-bond acceptors (Lipinski definition) is 21. The number of hydrogen-bond donors (Lipinski definition) is 0. The number of alkyl halides is 4. The van der Waals surface area contributed by atoms with E-state index in [9.17, 15) is 56.4 Å². The SMILES string of the molecule is C1CC1.C1CC1.C1CC1.C1CC1.C1CC1.C1CC1.C1CC1.C1CC1.C1CC1.C1CC1.C1CC1.C1CC1.C1CC1.C1CC1.C1CC1.C1CC1.C1CC1.C1CC1.CSC1CC(=O)N(C)C1=O.CSC1CC(=O)N(C)C1=O.CSCC(Br)C(C)=O.CSCC(Br)C(C)=O.CSCC(Cl)C(C)=O.CSCC(Cl)C(C)=O.CSCCC(C)=O.CSCCC(C)=O.CSCCS(C)(=O)=O. The van der Waals surface area contributed by atoms with Crippen LogP contribution in [0.1, 0.15) is 414 Å². The highest BCUT2D eigenvalue weighted by Gasteiger charge is 2.36. The number of halogens is 4. The monoisotopic (exact) mass is 2160 g/mol. The quantitative estimate of drug-likeness (QED) is 0.0687. The molecule has 2 saturated heterocycles. The van der Waals surface area contributed by atoms with Crippen LogP contribution >= 0.6 is 161 Å². The molecule has 28 heteroatoms. The van der Waals surface area contributed by atoms with Gasteiger partial charge in [0.05, 0.1) is 25.9 Å². The van der Waals surface area contributed by atoms with Gasteiger partial charge in [0.2, 0.25) is 23.6 Å². The van der Waals surface area contributed by atoms with Gasteiger partial charge in [0, 0.05) is 74.8 Å². The average Bonchev–Trinajstić information content (AvgIpc) is 1.72. The molecule has 2 heterocycles. The van der Waals surface area contributed by atoms with Gasteiger partial charge in [0.25, 0.3) is 0 Å². The predicted octanol–water partition coefficient (Wildman–Crippen LogP) is 30.8. The van der Waals surface area contributed by atoms with E-state index < -0.39 is 9.84 Å². The summed E-state index contributed by atoms with van der Waals surface area (Å²) in [7, 11) is 0.350. The number of sulfone groups is 1. The van der Waals surface area contributed by atoms with E-state index in [1.807, 2.05) is 56.3 Å². The summed E-state index contributed by atoms with van der Waals surface area (Å²) in [6.07, 6.45) is 102. The Morgan fingerprint density at radius 2 is 0.469 bits per heavy atom. The molecule has 0 spiro atoms. The van der Waals surface area contributed by atoms with E-state index in [2.05, 4.69) is 31.9 Å². The highest BCUT2D eigenvalue weighted by atomic mass is 79.9. The summed E-state index contributed by atoms with van der Waals surface area (Å²) in [5.41, 5.74) is 0. The summed E-state index contributed by atoms with van der Waals surface area (Å²) in [4.78, 5) is 108. The largest absolute Gasteiger partial charge is 0.300 e. The predicted molar refractivity (Wildman–Crippen MR) is 595 cm³/mol. The van der Waals surface area contributed by atoms with E-state index in [0.717, 1.165) is 47.4 Å². The van der Waals surface area contributed by atoms with Crippen molar-refractivity contribution in [2.45, 2.75) is 445 Å². The molecule has 762 valence electrons. The van der Waals surface area contributed by atoms with Crippen molar-refractivity contribution >= 4 is 229 Å². The van der Waals surface area contributed by atoms with Gasteiger partial charge < -0.3 is 0 Å². The molecule has 6 unspecified atom stereocenters. The second-order valence-corrected chi connectivity index (χ2v) is 48.4. The number of imide groups is 2. The van der Waals surface area contributed by atoms with Crippen molar-refractivity contribution in [2.24, 2.45) is 0 Å². The molecule has 20 rings (SSSR count). The number of Topliss-reactive ketones (excluding diaryl/α,β-unsaturated/α-hetero) is 6. The molecule has 6 atom stereocenters. The molecule has 20 aliphatic rings. The van der Waals surface area contributed by atoms with Crippen molar-refractivity contribution in [3.63, 3.8) is 0 Å². The molecule has 20 fully saturated rings. The van der Waals surface area contributed by atoms with Crippen LogP contribution in [-0.2, 0) is 57.8 Å². The smallest absolute Gasteiger partial charge is 0.242 e. The molecule has 2 aliphatic heterocycles. The Labute approximate surface area is 854 Å². The van der Waals surface area contributed by atoms with Crippen LogP contribution in [0, 0.1) is 0 Å². The molecule has 18 saturated carbocycles. The fourth-order valence-electron chi connectivity index (χ4n) is 3.59. The van der Waals surface area contributed by atoms with Crippen molar-refractivity contribution in [1.29, 1.82) is 0 Å². The standard InChI is InChI=1S/2C6H9NO2S.2C5H9BrOS.2C5H9ClOS.2C5H10OS.C4H10O2S2.18C3H6/c2*1-7-5(8)3-4(10-2)6(7)9;4*1-4(7)5(6)3-8-2;2*1-5(6)3-4-7-2;1-7-3-4-8(2,5)6;18*1-2-3-1/h2*4H,3H2,1-2H3;4*5H,3H2,1-2H3;2*3-4H2,1-2H3;3-4H2,1-2H3;18*1-3H2. The molecule has 0 bridgehead atoms. The first-order chi connectivity index (χ1) is 61.2. The molecule has 14 nitrogen and oxygen atoms in total. The number of ketones is 6. The van der Waals surface area contributed by atoms with E-state index >= 15 is 0 Å². The molecular formula is C100H192Br2Cl2N2O12S10. The Hall–Kier alpha value is 0.940. The highest BCUT2D eigenvalue weighted by Crippen LogP contribution is 2.25. The van der Waals surface area contributed by atoms with Gasteiger partial charge in [-0.15, -0.1) is 23.2 Å². The van der Waals surface area contributed by atoms with Crippen molar-refractivity contribution in [3.8, 4) is 0 Å². The lowest BCUT2D eigenvalue weighted by atomic mass is 10.3. The minimum atomic E-state index is -2.71. The number of carbonyl (C=O) groups is 10. The van der Waals surface area contributed by atoms with Gasteiger partial charge in [-0.2, -0.15) is 106 Å². The Balaban J connectivity index is -0.000000240. The van der Waals surface area contributed by atoms with Crippen LogP contribution < -0.4 is 0 Å². The number of rotatable bonds is 23. The van der Waals surface area contributed by atoms with Gasteiger partial charge in [0.1, 0.15) is 55.3 Å². The van der Waals surface area contributed by atoms with Crippen molar-refractivity contribution in [1.82, 2.24) is 9.80 Å². The van der Waals surface area contributed by atoms with Crippen LogP contribution in [0.4, 0.5) is 0 Å². The van der Waals surface area contributed by atoms with E-state index in [1.54, 1.807) is 110 Å². The van der Waals surface area contributed by atoms with Gasteiger partial charge in [0.15, 0.2) is 0 Å². The highest BCUT2D eigenvalue weighted by molar-refractivity contribution is 9.10. The number of amides is 4. The van der Waals surface area contributed by atoms with Gasteiger partial charge in [-0.3, -0.25) is 57.7 Å². The average molecular weight is 2170 g/mol. The number of nitrogens with zero attached hydrogens (tertiary/aromatic N) is 2. The van der Waals surface area contributed by atoms with E-state index in [0.29, 0.717) is 24.3 Å². The molecule has 0 N–H and O–H groups in total. The number of thioether (sulfide) groups is 9. The van der Waals surface area contributed by atoms with Gasteiger partial charge in [-0.25, -0.2) is 8.42 Å². The van der Waals surface area contributed by atoms with Crippen LogP contribution in [0.25, 0.3) is 0 Å². The second-order valence-electron chi connectivity index (χ2n) is 34.2. The summed E-state index contributed by atoms with van der Waals surface area (Å²) in [5.74, 6) is 6.98. The Morgan fingerprint density at radius 1 is 0.305 bits per heavy atom. The zero-order valence-corrected chi connectivity index (χ0v) is 97.4. The third-order valence-corrected chi connectivity index (χ3v) is 26.3. The molecule has 0 aromatic heterocycles. The first kappa shape index (κ1) is 142. The Bertz CT molecular complexity index is 2220. The summed E-state index contributed by atoms with van der Waals surface area (Å²) in [5, 5.41) is -0.829. The van der Waals surface area contributed by atoms with Crippen LogP contribution in [-0.4, -0.2) is 230 Å². The summed E-state index contributed by atoms with van der Waals surface area (Å²) < 4.78 is 20.8. The van der Waals surface area contributed by atoms with E-state index in [4.69, 9.17) is 23.2 Å². The van der Waals surface area contributed by atoms with Gasteiger partial charge in [-0.1, -0.05) is 379 Å². The lowest BCUT2D eigenvalue weighted by Crippen LogP contribution is -2.26. The van der Waals surface area contributed by atoms with Crippen molar-refractivity contribution in [2.75, 3.05) is 123 Å². The second kappa shape index (κ2) is 112. The van der Waals surface area contributed by atoms with Crippen molar-refractivity contribution < 1.29 is 56.4 Å². The fraction of sp³-hybridized carbons (Fsp3) is 0.900. The topological polar surface area (TPSA) is 211 Å². The van der Waals surface area contributed by atoms with E-state index in [-0.39, 0.29) is 89.2 Å². The normalized spacial score (nSPS) is 19.3.